The number of phenolic OH excluding ortho intramolecular Hbond substituents is 1. The van der Waals surface area contributed by atoms with E-state index < -0.39 is 106 Å². The lowest BCUT2D eigenvalue weighted by molar-refractivity contribution is -0.198. The Balaban J connectivity index is 1.77. The summed E-state index contributed by atoms with van der Waals surface area (Å²) >= 11 is 0. The monoisotopic (exact) mass is 557 g/mol. The van der Waals surface area contributed by atoms with Crippen molar-refractivity contribution in [2.45, 2.75) is 70.2 Å². The Bertz CT molecular complexity index is 1340. The third-order valence-electron chi connectivity index (χ3n) is 7.91. The first kappa shape index (κ1) is 29.1. The molecule has 7 atom stereocenters. The molecule has 0 aromatic heterocycles. The van der Waals surface area contributed by atoms with Crippen molar-refractivity contribution in [3.63, 3.8) is 0 Å². The van der Waals surface area contributed by atoms with Gasteiger partial charge in [0.05, 0.1) is 24.3 Å². The number of amides is 1. The second kappa shape index (κ2) is 9.92. The summed E-state index contributed by atoms with van der Waals surface area (Å²) in [5, 5.41) is 22.1. The smallest absolute Gasteiger partial charge is 0.306 e. The van der Waals surface area contributed by atoms with Gasteiger partial charge in [0.15, 0.2) is 34.7 Å². The molecule has 2 fully saturated rings. The van der Waals surface area contributed by atoms with E-state index >= 15 is 0 Å². The molecule has 1 aromatic carbocycles. The van der Waals surface area contributed by atoms with Crippen LogP contribution in [0.25, 0.3) is 0 Å². The first-order chi connectivity index (χ1) is 18.5. The molecule has 4 N–H and O–H groups in total. The molecule has 4 rings (SSSR count). The van der Waals surface area contributed by atoms with Crippen molar-refractivity contribution in [3.05, 3.63) is 29.3 Å². The number of benzene rings is 1. The van der Waals surface area contributed by atoms with Crippen molar-refractivity contribution in [2.24, 2.45) is 29.4 Å². The number of nitrogens with two attached hydrogens (primary N) is 1. The van der Waals surface area contributed by atoms with Gasteiger partial charge in [-0.2, -0.15) is 0 Å². The van der Waals surface area contributed by atoms with E-state index in [0.717, 1.165) is 0 Å². The van der Waals surface area contributed by atoms with Crippen LogP contribution in [0.15, 0.2) is 18.2 Å². The minimum Gasteiger partial charge on any atom is -0.507 e. The number of primary amides is 1. The molecule has 1 amide bonds. The number of Topliss-reactive ketones (excluding diaryl/α,β-unsaturated/α-hetero) is 4. The number of rotatable bonds is 5. The van der Waals surface area contributed by atoms with Crippen molar-refractivity contribution in [2.75, 3.05) is 0 Å². The number of hydrogen-bond donors (Lipinski definition) is 3. The van der Waals surface area contributed by atoms with E-state index in [0.29, 0.717) is 5.56 Å². The molecule has 0 spiro atoms. The first-order valence-corrected chi connectivity index (χ1v) is 12.9. The molecule has 2 unspecified atom stereocenters. The summed E-state index contributed by atoms with van der Waals surface area (Å²) in [6, 6.07) is 4.29. The fraction of sp³-hybridized carbons (Fsp3) is 0.536. The van der Waals surface area contributed by atoms with Gasteiger partial charge in [-0.05, 0) is 38.3 Å². The van der Waals surface area contributed by atoms with Crippen LogP contribution >= 0.6 is 0 Å². The van der Waals surface area contributed by atoms with Gasteiger partial charge in [-0.15, -0.1) is 0 Å². The summed E-state index contributed by atoms with van der Waals surface area (Å²) in [7, 11) is 0. The lowest BCUT2D eigenvalue weighted by atomic mass is 9.50. The molecule has 0 aliphatic heterocycles. The van der Waals surface area contributed by atoms with Crippen LogP contribution in [0, 0.1) is 23.7 Å². The topological polar surface area (TPSA) is 204 Å². The Morgan fingerprint density at radius 1 is 1.05 bits per heavy atom. The van der Waals surface area contributed by atoms with Gasteiger partial charge in [-0.25, -0.2) is 0 Å². The molecular weight excluding hydrogens is 526 g/mol. The molecule has 2 saturated carbocycles. The molecule has 3 aliphatic carbocycles. The maximum Gasteiger partial charge on any atom is 0.306 e. The van der Waals surface area contributed by atoms with Crippen molar-refractivity contribution < 1.29 is 53.2 Å². The second-order valence-corrected chi connectivity index (χ2v) is 11.6. The van der Waals surface area contributed by atoms with E-state index in [1.54, 1.807) is 33.8 Å². The SMILES string of the molecule is C[C@H]1c2cccc(O)c2C(=O)C2C(=O)[C@]3(O)C(=O)C(C(N)=O)C(=O)C[C@@H]3[C@@H](OC(=O)CCC(=O)OC(C)(C)C)[C@@H]21. The molecule has 12 nitrogen and oxygen atoms in total. The summed E-state index contributed by atoms with van der Waals surface area (Å²) in [5.74, 6) is -15.3. The maximum atomic E-state index is 13.8. The predicted octanol–water partition coefficient (Wildman–Crippen LogP) is 0.531. The predicted molar refractivity (Wildman–Crippen MR) is 134 cm³/mol. The zero-order valence-electron chi connectivity index (χ0n) is 22.5. The maximum absolute atomic E-state index is 13.8. The van der Waals surface area contributed by atoms with Gasteiger partial charge in [0.1, 0.15) is 17.5 Å². The first-order valence-electron chi connectivity index (χ1n) is 12.9. The number of carbonyl (C=O) groups is 7. The normalized spacial score (nSPS) is 31.5. The quantitative estimate of drug-likeness (QED) is 0.336. The van der Waals surface area contributed by atoms with E-state index in [1.165, 1.54) is 12.1 Å². The number of hydrogen-bond acceptors (Lipinski definition) is 11. The Morgan fingerprint density at radius 3 is 2.27 bits per heavy atom. The number of phenols is 1. The molecule has 214 valence electrons. The summed E-state index contributed by atoms with van der Waals surface area (Å²) in [4.78, 5) is 90.7. The summed E-state index contributed by atoms with van der Waals surface area (Å²) in [6.07, 6.45) is -3.05. The van der Waals surface area contributed by atoms with Crippen molar-refractivity contribution in [3.8, 4) is 5.75 Å². The number of esters is 2. The van der Waals surface area contributed by atoms with Gasteiger partial charge in [0.2, 0.25) is 5.91 Å². The minimum atomic E-state index is -3.04. The number of fused-ring (bicyclic) bond motifs is 3. The van der Waals surface area contributed by atoms with Crippen LogP contribution < -0.4 is 5.73 Å². The van der Waals surface area contributed by atoms with Crippen LogP contribution in [0.2, 0.25) is 0 Å². The Kier molecular flexibility index (Phi) is 7.21. The largest absolute Gasteiger partial charge is 0.507 e. The highest BCUT2D eigenvalue weighted by atomic mass is 16.6. The molecule has 0 bridgehead atoms. The van der Waals surface area contributed by atoms with Crippen LogP contribution in [0.5, 0.6) is 5.75 Å². The third kappa shape index (κ3) is 4.59. The number of aromatic hydroxyl groups is 1. The van der Waals surface area contributed by atoms with Gasteiger partial charge in [-0.3, -0.25) is 33.6 Å². The Morgan fingerprint density at radius 2 is 1.68 bits per heavy atom. The van der Waals surface area contributed by atoms with Crippen LogP contribution in [0.3, 0.4) is 0 Å². The lowest BCUT2D eigenvalue weighted by Gasteiger charge is -2.53. The highest BCUT2D eigenvalue weighted by Gasteiger charge is 2.71. The van der Waals surface area contributed by atoms with E-state index in [2.05, 4.69) is 0 Å². The highest BCUT2D eigenvalue weighted by Crippen LogP contribution is 2.54. The van der Waals surface area contributed by atoms with Crippen LogP contribution in [-0.4, -0.2) is 68.5 Å². The number of ketones is 4. The van der Waals surface area contributed by atoms with Crippen molar-refractivity contribution in [1.29, 1.82) is 0 Å². The number of aliphatic hydroxyl groups is 1. The van der Waals surface area contributed by atoms with Crippen LogP contribution in [0.4, 0.5) is 0 Å². The Hall–Kier alpha value is -3.93. The summed E-state index contributed by atoms with van der Waals surface area (Å²) < 4.78 is 10.9. The molecule has 3 aliphatic rings. The van der Waals surface area contributed by atoms with Gasteiger partial charge < -0.3 is 25.4 Å². The third-order valence-corrected chi connectivity index (χ3v) is 7.91. The van der Waals surface area contributed by atoms with Crippen LogP contribution in [0.1, 0.15) is 68.8 Å². The molecule has 0 heterocycles. The molecule has 1 aromatic rings. The van der Waals surface area contributed by atoms with E-state index in [1.807, 2.05) is 0 Å². The second-order valence-electron chi connectivity index (χ2n) is 11.6. The fourth-order valence-corrected chi connectivity index (χ4v) is 6.25. The van der Waals surface area contributed by atoms with Gasteiger partial charge in [0, 0.05) is 18.3 Å². The van der Waals surface area contributed by atoms with Gasteiger partial charge >= 0.3 is 11.9 Å². The molecule has 12 heteroatoms. The van der Waals surface area contributed by atoms with E-state index in [4.69, 9.17) is 15.2 Å². The average molecular weight is 558 g/mol. The lowest BCUT2D eigenvalue weighted by Crippen LogP contribution is -2.73. The zero-order chi connectivity index (χ0) is 29.9. The Labute approximate surface area is 229 Å². The molecule has 0 radical (unpaired) electrons. The highest BCUT2D eigenvalue weighted by molar-refractivity contribution is 6.31. The number of carbonyl (C=O) groups excluding carboxylic acids is 7. The molecule has 0 saturated heterocycles. The van der Waals surface area contributed by atoms with Crippen LogP contribution in [-0.2, 0) is 38.2 Å². The van der Waals surface area contributed by atoms with Gasteiger partial charge in [-0.1, -0.05) is 19.1 Å². The zero-order valence-corrected chi connectivity index (χ0v) is 22.5. The van der Waals surface area contributed by atoms with E-state index in [-0.39, 0.29) is 12.0 Å². The van der Waals surface area contributed by atoms with E-state index in [9.17, 15) is 43.8 Å². The summed E-state index contributed by atoms with van der Waals surface area (Å²) in [5.41, 5.74) is 1.57. The van der Waals surface area contributed by atoms with Gasteiger partial charge in [0.25, 0.3) is 0 Å². The average Bonchev–Trinajstić information content (AvgIpc) is 2.83. The van der Waals surface area contributed by atoms with Crippen molar-refractivity contribution in [1.82, 2.24) is 0 Å². The summed E-state index contributed by atoms with van der Waals surface area (Å²) in [6.45, 7) is 6.57. The fourth-order valence-electron chi connectivity index (χ4n) is 6.25. The van der Waals surface area contributed by atoms with Crippen molar-refractivity contribution >= 4 is 41.0 Å². The number of ether oxygens (including phenoxy) is 2. The standard InChI is InChI=1S/C28H31NO11/c1-11-12-6-5-7-14(30)19(12)22(34)21-18(11)23(39-16(32)8-9-17(33)40-27(2,3)4)13-10-15(31)20(26(29)37)24(35)28(13,38)25(21)36/h5-7,11,13,18,20-21,23,30,38H,8-10H2,1-4H3,(H2,29,37)/t11-,13+,18+,20?,21?,23+,28+/m0/s1. The molecule has 40 heavy (non-hydrogen) atoms. The minimum absolute atomic E-state index is 0.174. The molecular formula is C28H31NO11.